The lowest BCUT2D eigenvalue weighted by Crippen LogP contribution is -2.53. The van der Waals surface area contributed by atoms with E-state index in [-0.39, 0.29) is 28.7 Å². The van der Waals surface area contributed by atoms with Gasteiger partial charge in [-0.05, 0) is 19.4 Å². The predicted octanol–water partition coefficient (Wildman–Crippen LogP) is 0.301. The Hall–Kier alpha value is -3.19. The van der Waals surface area contributed by atoms with E-state index in [1.165, 1.54) is 6.07 Å². The van der Waals surface area contributed by atoms with Crippen LogP contribution in [0, 0.1) is 6.92 Å². The van der Waals surface area contributed by atoms with Gasteiger partial charge in [0.1, 0.15) is 23.7 Å². The standard InChI is InChI=1S/C27H29NO10/c1-10-4-3-5-12-18(10)25(34)21-20(23(12)32)24(33)13-7-27(36,16(30)9-29)8-15(19(13)26(21)35)38-17-6-14(28)22(31)11(2)37-17/h3-5,11,14-15,17,22,29,31,33,35-36H,6-9,28H2,1-2H3/t11?,14-,15-,17-,22-,27-/m0/s1. The fourth-order valence-corrected chi connectivity index (χ4v) is 5.78. The Balaban J connectivity index is 1.68. The minimum absolute atomic E-state index is 0.0331. The lowest BCUT2D eigenvalue weighted by molar-refractivity contribution is -0.247. The molecule has 0 saturated carbocycles. The van der Waals surface area contributed by atoms with Crippen molar-refractivity contribution in [3.05, 3.63) is 57.1 Å². The molecule has 0 aromatic heterocycles. The molecule has 0 spiro atoms. The summed E-state index contributed by atoms with van der Waals surface area (Å²) in [5, 5.41) is 53.6. The van der Waals surface area contributed by atoms with Crippen molar-refractivity contribution in [2.45, 2.75) is 69.4 Å². The van der Waals surface area contributed by atoms with Crippen LogP contribution in [0.15, 0.2) is 18.2 Å². The second kappa shape index (κ2) is 9.23. The summed E-state index contributed by atoms with van der Waals surface area (Å²) in [6, 6.07) is 3.97. The molecule has 2 aliphatic carbocycles. The number of carbonyl (C=O) groups is 3. The lowest BCUT2D eigenvalue weighted by Gasteiger charge is -2.42. The van der Waals surface area contributed by atoms with Crippen molar-refractivity contribution in [1.29, 1.82) is 0 Å². The number of hydrogen-bond donors (Lipinski definition) is 6. The molecule has 11 heteroatoms. The molecule has 11 nitrogen and oxygen atoms in total. The quantitative estimate of drug-likeness (QED) is 0.255. The molecular weight excluding hydrogens is 498 g/mol. The number of Topliss-reactive ketones (excluding diaryl/α,β-unsaturated/α-hetero) is 1. The van der Waals surface area contributed by atoms with Gasteiger partial charge in [-0.3, -0.25) is 14.4 Å². The molecule has 3 aliphatic rings. The Bertz CT molecular complexity index is 1360. The summed E-state index contributed by atoms with van der Waals surface area (Å²) in [4.78, 5) is 39.6. The highest BCUT2D eigenvalue weighted by atomic mass is 16.7. The molecule has 1 aliphatic heterocycles. The third kappa shape index (κ3) is 3.85. The van der Waals surface area contributed by atoms with Gasteiger partial charge < -0.3 is 40.7 Å². The maximum atomic E-state index is 13.6. The molecule has 0 amide bonds. The van der Waals surface area contributed by atoms with E-state index in [1.54, 1.807) is 26.0 Å². The molecule has 0 bridgehead atoms. The smallest absolute Gasteiger partial charge is 0.198 e. The predicted molar refractivity (Wildman–Crippen MR) is 130 cm³/mol. The van der Waals surface area contributed by atoms with Crippen molar-refractivity contribution in [3.63, 3.8) is 0 Å². The zero-order valence-corrected chi connectivity index (χ0v) is 20.8. The first-order chi connectivity index (χ1) is 17.9. The van der Waals surface area contributed by atoms with Gasteiger partial charge in [-0.1, -0.05) is 18.2 Å². The van der Waals surface area contributed by atoms with Crippen LogP contribution in [0.25, 0.3) is 0 Å². The van der Waals surface area contributed by atoms with Crippen LogP contribution in [0.2, 0.25) is 0 Å². The largest absolute Gasteiger partial charge is 0.507 e. The van der Waals surface area contributed by atoms with Crippen LogP contribution < -0.4 is 5.73 Å². The summed E-state index contributed by atoms with van der Waals surface area (Å²) in [6.07, 6.45) is -4.98. The third-order valence-corrected chi connectivity index (χ3v) is 7.83. The summed E-state index contributed by atoms with van der Waals surface area (Å²) in [5.74, 6) is -3.60. The number of phenolic OH excluding ortho intramolecular Hbond substituents is 2. The number of rotatable bonds is 4. The number of aliphatic hydroxyl groups excluding tert-OH is 2. The zero-order chi connectivity index (χ0) is 27.7. The molecule has 2 aromatic carbocycles. The van der Waals surface area contributed by atoms with Crippen molar-refractivity contribution in [1.82, 2.24) is 0 Å². The minimum atomic E-state index is -2.22. The summed E-state index contributed by atoms with van der Waals surface area (Å²) in [7, 11) is 0. The van der Waals surface area contributed by atoms with E-state index in [0.717, 1.165) is 0 Å². The van der Waals surface area contributed by atoms with E-state index in [1.807, 2.05) is 0 Å². The van der Waals surface area contributed by atoms with Gasteiger partial charge >= 0.3 is 0 Å². The Morgan fingerprint density at radius 1 is 1.16 bits per heavy atom. The summed E-state index contributed by atoms with van der Waals surface area (Å²) in [5.41, 5.74) is 3.38. The Kier molecular flexibility index (Phi) is 6.41. The SMILES string of the molecule is Cc1cccc2c1C(=O)c1c(O)c3c(c(O)c1C2=O)C[C@@](O)(C(=O)CO)C[C@@H]3O[C@H]1C[C@H](N)[C@@H](O)C(C)O1. The maximum absolute atomic E-state index is 13.6. The van der Waals surface area contributed by atoms with Crippen molar-refractivity contribution in [3.8, 4) is 11.5 Å². The molecule has 1 fully saturated rings. The number of aromatic hydroxyl groups is 2. The van der Waals surface area contributed by atoms with E-state index in [0.29, 0.717) is 5.56 Å². The van der Waals surface area contributed by atoms with E-state index < -0.39 is 95.7 Å². The summed E-state index contributed by atoms with van der Waals surface area (Å²) in [6.45, 7) is 2.23. The van der Waals surface area contributed by atoms with E-state index >= 15 is 0 Å². The molecular formula is C27H29NO10. The molecule has 7 N–H and O–H groups in total. The Labute approximate surface area is 217 Å². The minimum Gasteiger partial charge on any atom is -0.507 e. The normalized spacial score (nSPS) is 30.4. The molecule has 0 radical (unpaired) electrons. The van der Waals surface area contributed by atoms with Gasteiger partial charge in [0.25, 0.3) is 0 Å². The highest BCUT2D eigenvalue weighted by Crippen LogP contribution is 2.52. The first-order valence-corrected chi connectivity index (χ1v) is 12.3. The topological polar surface area (TPSA) is 197 Å². The fourth-order valence-electron chi connectivity index (χ4n) is 5.78. The first-order valence-electron chi connectivity index (χ1n) is 12.3. The number of ketones is 3. The molecule has 1 heterocycles. The van der Waals surface area contributed by atoms with Crippen molar-refractivity contribution >= 4 is 17.3 Å². The second-order valence-corrected chi connectivity index (χ2v) is 10.3. The molecule has 5 rings (SSSR count). The number of hydrogen-bond acceptors (Lipinski definition) is 11. The number of aryl methyl sites for hydroxylation is 1. The zero-order valence-electron chi connectivity index (χ0n) is 20.8. The second-order valence-electron chi connectivity index (χ2n) is 10.3. The number of nitrogens with two attached hydrogens (primary N) is 1. The lowest BCUT2D eigenvalue weighted by atomic mass is 9.71. The van der Waals surface area contributed by atoms with E-state index in [9.17, 15) is 39.9 Å². The number of aliphatic hydroxyl groups is 3. The highest BCUT2D eigenvalue weighted by molar-refractivity contribution is 6.31. The summed E-state index contributed by atoms with van der Waals surface area (Å²) < 4.78 is 11.7. The molecule has 2 aromatic rings. The number of fused-ring (bicyclic) bond motifs is 3. The van der Waals surface area contributed by atoms with Crippen molar-refractivity contribution < 1.29 is 49.4 Å². The van der Waals surface area contributed by atoms with Gasteiger partial charge in [-0.15, -0.1) is 0 Å². The Morgan fingerprint density at radius 3 is 2.50 bits per heavy atom. The number of carbonyl (C=O) groups excluding carboxylic acids is 3. The Morgan fingerprint density at radius 2 is 1.84 bits per heavy atom. The van der Waals surface area contributed by atoms with Gasteiger partial charge in [-0.2, -0.15) is 0 Å². The van der Waals surface area contributed by atoms with Crippen LogP contribution in [-0.4, -0.2) is 79.6 Å². The monoisotopic (exact) mass is 527 g/mol. The van der Waals surface area contributed by atoms with Crippen molar-refractivity contribution in [2.75, 3.05) is 6.61 Å². The number of phenols is 2. The maximum Gasteiger partial charge on any atom is 0.198 e. The van der Waals surface area contributed by atoms with Gasteiger partial charge in [0.2, 0.25) is 0 Å². The molecule has 202 valence electrons. The molecule has 1 saturated heterocycles. The average molecular weight is 528 g/mol. The van der Waals surface area contributed by atoms with Crippen LogP contribution in [0.4, 0.5) is 0 Å². The van der Waals surface area contributed by atoms with Gasteiger partial charge in [0.15, 0.2) is 23.6 Å². The third-order valence-electron chi connectivity index (χ3n) is 7.83. The van der Waals surface area contributed by atoms with Crippen LogP contribution in [-0.2, 0) is 20.7 Å². The van der Waals surface area contributed by atoms with Crippen molar-refractivity contribution in [2.24, 2.45) is 5.73 Å². The molecule has 1 unspecified atom stereocenters. The number of ether oxygens (including phenoxy) is 2. The van der Waals surface area contributed by atoms with E-state index in [2.05, 4.69) is 0 Å². The average Bonchev–Trinajstić information content (AvgIpc) is 2.86. The van der Waals surface area contributed by atoms with Crippen LogP contribution in [0.3, 0.4) is 0 Å². The van der Waals surface area contributed by atoms with E-state index in [4.69, 9.17) is 15.2 Å². The number of benzene rings is 2. The van der Waals surface area contributed by atoms with Gasteiger partial charge in [0, 0.05) is 47.6 Å². The summed E-state index contributed by atoms with van der Waals surface area (Å²) >= 11 is 0. The molecule has 6 atom stereocenters. The first kappa shape index (κ1) is 26.4. The van der Waals surface area contributed by atoms with Crippen LogP contribution >= 0.6 is 0 Å². The van der Waals surface area contributed by atoms with Crippen LogP contribution in [0.1, 0.15) is 74.4 Å². The molecule has 38 heavy (non-hydrogen) atoms. The van der Waals surface area contributed by atoms with Gasteiger partial charge in [0.05, 0.1) is 29.4 Å². The van der Waals surface area contributed by atoms with Crippen LogP contribution in [0.5, 0.6) is 11.5 Å². The highest BCUT2D eigenvalue weighted by Gasteiger charge is 2.50. The fraction of sp³-hybridized carbons (Fsp3) is 0.444. The van der Waals surface area contributed by atoms with Gasteiger partial charge in [-0.25, -0.2) is 0 Å².